The number of anilines is 1. The van der Waals surface area contributed by atoms with Gasteiger partial charge >= 0.3 is 0 Å². The number of ether oxygens (including phenoxy) is 1. The first-order chi connectivity index (χ1) is 12.7. The van der Waals surface area contributed by atoms with Crippen LogP contribution in [0.5, 0.6) is 5.75 Å². The lowest BCUT2D eigenvalue weighted by Gasteiger charge is -2.16. The third-order valence-electron chi connectivity index (χ3n) is 4.19. The van der Waals surface area contributed by atoms with Crippen molar-refractivity contribution in [3.8, 4) is 5.75 Å². The van der Waals surface area contributed by atoms with Gasteiger partial charge in [-0.2, -0.15) is 5.10 Å². The summed E-state index contributed by atoms with van der Waals surface area (Å²) in [5.74, 6) is 1.43. The molecule has 1 atom stereocenters. The van der Waals surface area contributed by atoms with Crippen LogP contribution in [0.2, 0.25) is 0 Å². The summed E-state index contributed by atoms with van der Waals surface area (Å²) in [6.45, 7) is 4.63. The molecule has 134 valence electrons. The number of nitrogens with one attached hydrogen (secondary N) is 1. The zero-order valence-corrected chi connectivity index (χ0v) is 15.1. The molecule has 5 nitrogen and oxygen atoms in total. The molecular weight excluding hydrogens is 326 g/mol. The number of aromatic nitrogens is 2. The van der Waals surface area contributed by atoms with Crippen molar-refractivity contribution >= 4 is 11.7 Å². The molecule has 0 spiro atoms. The molecule has 2 aromatic carbocycles. The Labute approximate surface area is 153 Å². The fourth-order valence-electron chi connectivity index (χ4n) is 2.84. The predicted molar refractivity (Wildman–Crippen MR) is 102 cm³/mol. The molecule has 1 amide bonds. The van der Waals surface area contributed by atoms with E-state index in [4.69, 9.17) is 4.74 Å². The molecule has 0 radical (unpaired) electrons. The minimum absolute atomic E-state index is 0.0342. The van der Waals surface area contributed by atoms with Crippen LogP contribution in [-0.4, -0.2) is 22.3 Å². The Balaban J connectivity index is 1.66. The summed E-state index contributed by atoms with van der Waals surface area (Å²) in [4.78, 5) is 12.4. The van der Waals surface area contributed by atoms with Crippen molar-refractivity contribution in [3.63, 3.8) is 0 Å². The molecule has 5 heteroatoms. The summed E-state index contributed by atoms with van der Waals surface area (Å²) in [5, 5.41) is 7.33. The van der Waals surface area contributed by atoms with Gasteiger partial charge < -0.3 is 10.1 Å². The highest BCUT2D eigenvalue weighted by molar-refractivity contribution is 5.91. The fraction of sp³-hybridized carbons (Fsp3) is 0.238. The van der Waals surface area contributed by atoms with Crippen molar-refractivity contribution in [3.05, 3.63) is 78.0 Å². The molecule has 1 aromatic heterocycles. The van der Waals surface area contributed by atoms with Crippen molar-refractivity contribution in [2.75, 3.05) is 11.9 Å². The van der Waals surface area contributed by atoms with Gasteiger partial charge in [0.15, 0.2) is 0 Å². The molecule has 26 heavy (non-hydrogen) atoms. The smallest absolute Gasteiger partial charge is 0.229 e. The fourth-order valence-corrected chi connectivity index (χ4v) is 2.84. The summed E-state index contributed by atoms with van der Waals surface area (Å²) < 4.78 is 7.25. The minimum Gasteiger partial charge on any atom is -0.494 e. The van der Waals surface area contributed by atoms with Gasteiger partial charge in [0.2, 0.25) is 5.91 Å². The lowest BCUT2D eigenvalue weighted by atomic mass is 10.1. The van der Waals surface area contributed by atoms with E-state index >= 15 is 0 Å². The molecule has 0 aliphatic heterocycles. The molecular formula is C21H23N3O2. The van der Waals surface area contributed by atoms with Crippen molar-refractivity contribution < 1.29 is 9.53 Å². The van der Waals surface area contributed by atoms with Crippen LogP contribution >= 0.6 is 0 Å². The third-order valence-corrected chi connectivity index (χ3v) is 4.19. The average molecular weight is 349 g/mol. The number of hydrogen-bond donors (Lipinski definition) is 1. The molecule has 0 aliphatic rings. The first-order valence-corrected chi connectivity index (χ1v) is 8.77. The number of hydrogen-bond acceptors (Lipinski definition) is 3. The number of rotatable bonds is 7. The predicted octanol–water partition coefficient (Wildman–Crippen LogP) is 4.07. The lowest BCUT2D eigenvalue weighted by molar-refractivity contribution is -0.115. The third kappa shape index (κ3) is 4.30. The first-order valence-electron chi connectivity index (χ1n) is 8.77. The molecule has 0 saturated carbocycles. The second-order valence-electron chi connectivity index (χ2n) is 6.05. The van der Waals surface area contributed by atoms with Crippen molar-refractivity contribution in [2.45, 2.75) is 26.3 Å². The number of carbonyl (C=O) groups is 1. The first kappa shape index (κ1) is 17.7. The van der Waals surface area contributed by atoms with E-state index in [9.17, 15) is 4.79 Å². The highest BCUT2D eigenvalue weighted by Gasteiger charge is 2.14. The molecule has 3 rings (SSSR count). The molecule has 0 fully saturated rings. The van der Waals surface area contributed by atoms with E-state index in [2.05, 4.69) is 29.5 Å². The van der Waals surface area contributed by atoms with E-state index in [0.29, 0.717) is 18.8 Å². The Morgan fingerprint density at radius 2 is 1.85 bits per heavy atom. The molecule has 0 bridgehead atoms. The summed E-state index contributed by atoms with van der Waals surface area (Å²) in [5.41, 5.74) is 2.08. The van der Waals surface area contributed by atoms with Gasteiger partial charge in [0.25, 0.3) is 0 Å². The number of amides is 1. The van der Waals surface area contributed by atoms with Gasteiger partial charge in [0.1, 0.15) is 11.6 Å². The van der Waals surface area contributed by atoms with Gasteiger partial charge in [-0.15, -0.1) is 0 Å². The molecule has 0 aliphatic carbocycles. The van der Waals surface area contributed by atoms with Gasteiger partial charge in [-0.05, 0) is 37.1 Å². The Morgan fingerprint density at radius 1 is 1.12 bits per heavy atom. The zero-order chi connectivity index (χ0) is 18.4. The van der Waals surface area contributed by atoms with Gasteiger partial charge in [-0.25, -0.2) is 4.68 Å². The minimum atomic E-state index is -0.0730. The lowest BCUT2D eigenvalue weighted by Crippen LogP contribution is -2.19. The van der Waals surface area contributed by atoms with Crippen LogP contribution in [0.15, 0.2) is 66.9 Å². The Bertz CT molecular complexity index is 841. The van der Waals surface area contributed by atoms with E-state index in [1.807, 2.05) is 60.1 Å². The standard InChI is InChI=1S/C21H23N3O2/c1-3-26-19-11-9-17(10-12-19)15-21(25)23-20-13-14-22-24(20)16(2)18-7-5-4-6-8-18/h4-14,16H,3,15H2,1-2H3,(H,23,25). The van der Waals surface area contributed by atoms with Crippen LogP contribution in [0.4, 0.5) is 5.82 Å². The second-order valence-corrected chi connectivity index (χ2v) is 6.05. The van der Waals surface area contributed by atoms with Gasteiger partial charge in [-0.1, -0.05) is 42.5 Å². The van der Waals surface area contributed by atoms with E-state index in [-0.39, 0.29) is 11.9 Å². The van der Waals surface area contributed by atoms with Crippen LogP contribution < -0.4 is 10.1 Å². The molecule has 0 saturated heterocycles. The van der Waals surface area contributed by atoms with E-state index < -0.39 is 0 Å². The van der Waals surface area contributed by atoms with Crippen LogP contribution in [0.3, 0.4) is 0 Å². The number of carbonyl (C=O) groups excluding carboxylic acids is 1. The Morgan fingerprint density at radius 3 is 2.54 bits per heavy atom. The van der Waals surface area contributed by atoms with Crippen LogP contribution in [0.1, 0.15) is 31.0 Å². The topological polar surface area (TPSA) is 56.1 Å². The normalized spacial score (nSPS) is 11.8. The van der Waals surface area contributed by atoms with E-state index in [1.54, 1.807) is 6.20 Å². The highest BCUT2D eigenvalue weighted by atomic mass is 16.5. The van der Waals surface area contributed by atoms with Gasteiger partial charge in [-0.3, -0.25) is 4.79 Å². The monoisotopic (exact) mass is 349 g/mol. The highest BCUT2D eigenvalue weighted by Crippen LogP contribution is 2.21. The van der Waals surface area contributed by atoms with Crippen molar-refractivity contribution in [1.29, 1.82) is 0 Å². The molecule has 1 N–H and O–H groups in total. The van der Waals surface area contributed by atoms with Crippen molar-refractivity contribution in [2.24, 2.45) is 0 Å². The molecule has 1 heterocycles. The maximum atomic E-state index is 12.4. The van der Waals surface area contributed by atoms with Crippen LogP contribution in [-0.2, 0) is 11.2 Å². The van der Waals surface area contributed by atoms with Crippen LogP contribution in [0, 0.1) is 0 Å². The largest absolute Gasteiger partial charge is 0.494 e. The molecule has 1 unspecified atom stereocenters. The number of benzene rings is 2. The average Bonchev–Trinajstić information content (AvgIpc) is 3.11. The summed E-state index contributed by atoms with van der Waals surface area (Å²) in [7, 11) is 0. The quantitative estimate of drug-likeness (QED) is 0.699. The maximum Gasteiger partial charge on any atom is 0.229 e. The second kappa shape index (κ2) is 8.34. The SMILES string of the molecule is CCOc1ccc(CC(=O)Nc2ccnn2C(C)c2ccccc2)cc1. The summed E-state index contributed by atoms with van der Waals surface area (Å²) in [6.07, 6.45) is 2.00. The van der Waals surface area contributed by atoms with Gasteiger partial charge in [0, 0.05) is 6.07 Å². The van der Waals surface area contributed by atoms with Crippen molar-refractivity contribution in [1.82, 2.24) is 9.78 Å². The van der Waals surface area contributed by atoms with E-state index in [0.717, 1.165) is 16.9 Å². The Kier molecular flexibility index (Phi) is 5.69. The summed E-state index contributed by atoms with van der Waals surface area (Å²) in [6, 6.07) is 19.5. The number of nitrogens with zero attached hydrogens (tertiary/aromatic N) is 2. The molecule has 3 aromatic rings. The summed E-state index contributed by atoms with van der Waals surface area (Å²) >= 11 is 0. The Hall–Kier alpha value is -3.08. The van der Waals surface area contributed by atoms with Crippen LogP contribution in [0.25, 0.3) is 0 Å². The van der Waals surface area contributed by atoms with E-state index in [1.165, 1.54) is 0 Å². The van der Waals surface area contributed by atoms with Gasteiger partial charge in [0.05, 0.1) is 25.3 Å². The zero-order valence-electron chi connectivity index (χ0n) is 15.1. The maximum absolute atomic E-state index is 12.4.